The smallest absolute Gasteiger partial charge is 0.234 e. The molecule has 2 N–H and O–H groups in total. The molecule has 0 aliphatic heterocycles. The number of nitrogens with zero attached hydrogens (tertiary/aromatic N) is 1. The second kappa shape index (κ2) is 6.02. The zero-order valence-electron chi connectivity index (χ0n) is 10.4. The first kappa shape index (κ1) is 14.0. The van der Waals surface area contributed by atoms with Gasteiger partial charge >= 0.3 is 0 Å². The topological polar surface area (TPSA) is 63.4 Å². The van der Waals surface area contributed by atoms with Crippen molar-refractivity contribution in [2.45, 2.75) is 19.8 Å². The fraction of sp³-hybridized carbons (Fsp3) is 0.500. The zero-order chi connectivity index (χ0) is 12.9. The molecule has 4 nitrogen and oxygen atoms in total. The summed E-state index contributed by atoms with van der Waals surface area (Å²) in [6.45, 7) is 2.31. The van der Waals surface area contributed by atoms with Crippen LogP contribution in [-0.4, -0.2) is 27.8 Å². The first-order valence-corrected chi connectivity index (χ1v) is 7.37. The number of nitrogens with two attached hydrogens (primary N) is 1. The summed E-state index contributed by atoms with van der Waals surface area (Å²) in [7, 11) is -1.59. The van der Waals surface area contributed by atoms with Crippen LogP contribution in [0.25, 0.3) is 0 Å². The van der Waals surface area contributed by atoms with Crippen LogP contribution in [-0.2, 0) is 16.4 Å². The monoisotopic (exact) mass is 256 g/mol. The molecule has 0 heterocycles. The highest BCUT2D eigenvalue weighted by Crippen LogP contribution is 2.17. The predicted molar refractivity (Wildman–Crippen MR) is 71.7 cm³/mol. The highest BCUT2D eigenvalue weighted by Gasteiger charge is 2.15. The molecule has 0 saturated heterocycles. The maximum Gasteiger partial charge on any atom is 0.234 e. The summed E-state index contributed by atoms with van der Waals surface area (Å²) in [5.74, 6) is 0.110. The molecule has 1 aromatic carbocycles. The van der Waals surface area contributed by atoms with Crippen molar-refractivity contribution in [3.8, 4) is 0 Å². The lowest BCUT2D eigenvalue weighted by Crippen LogP contribution is -2.27. The standard InChI is InChI=1S/C12H20N2O2S/c1-3-17(15,16)14(2)12-8-6-11(7-9-12)5-4-10-13/h6-9H,3-5,10,13H2,1-2H3. The van der Waals surface area contributed by atoms with E-state index in [-0.39, 0.29) is 5.75 Å². The molecule has 0 aliphatic rings. The number of rotatable bonds is 6. The van der Waals surface area contributed by atoms with Gasteiger partial charge in [-0.2, -0.15) is 0 Å². The van der Waals surface area contributed by atoms with E-state index in [0.29, 0.717) is 12.2 Å². The van der Waals surface area contributed by atoms with E-state index >= 15 is 0 Å². The zero-order valence-corrected chi connectivity index (χ0v) is 11.2. The van der Waals surface area contributed by atoms with Crippen molar-refractivity contribution in [3.63, 3.8) is 0 Å². The van der Waals surface area contributed by atoms with E-state index < -0.39 is 10.0 Å². The SMILES string of the molecule is CCS(=O)(=O)N(C)c1ccc(CCCN)cc1. The molecule has 1 aromatic rings. The Morgan fingerprint density at radius 2 is 1.82 bits per heavy atom. The second-order valence-electron chi connectivity index (χ2n) is 3.93. The quantitative estimate of drug-likeness (QED) is 0.836. The van der Waals surface area contributed by atoms with Crippen molar-refractivity contribution < 1.29 is 8.42 Å². The van der Waals surface area contributed by atoms with Gasteiger partial charge in [0.25, 0.3) is 0 Å². The van der Waals surface area contributed by atoms with Crippen LogP contribution >= 0.6 is 0 Å². The number of aryl methyl sites for hydroxylation is 1. The number of sulfonamides is 1. The minimum absolute atomic E-state index is 0.110. The Balaban J connectivity index is 2.80. The van der Waals surface area contributed by atoms with Crippen molar-refractivity contribution in [2.24, 2.45) is 5.73 Å². The summed E-state index contributed by atoms with van der Waals surface area (Å²) in [6.07, 6.45) is 1.88. The fourth-order valence-corrected chi connectivity index (χ4v) is 2.36. The van der Waals surface area contributed by atoms with Crippen LogP contribution < -0.4 is 10.0 Å². The van der Waals surface area contributed by atoms with E-state index in [1.807, 2.05) is 24.3 Å². The maximum atomic E-state index is 11.7. The van der Waals surface area contributed by atoms with Crippen LogP contribution in [0.15, 0.2) is 24.3 Å². The second-order valence-corrected chi connectivity index (χ2v) is 6.22. The number of anilines is 1. The summed E-state index contributed by atoms with van der Waals surface area (Å²) in [5.41, 5.74) is 7.32. The molecular weight excluding hydrogens is 236 g/mol. The van der Waals surface area contributed by atoms with Gasteiger partial charge in [0.15, 0.2) is 0 Å². The van der Waals surface area contributed by atoms with Crippen LogP contribution in [0.3, 0.4) is 0 Å². The molecule has 1 rings (SSSR count). The van der Waals surface area contributed by atoms with Gasteiger partial charge in [-0.05, 0) is 44.0 Å². The molecule has 0 saturated carbocycles. The fourth-order valence-electron chi connectivity index (χ4n) is 1.53. The van der Waals surface area contributed by atoms with E-state index in [1.54, 1.807) is 14.0 Å². The van der Waals surface area contributed by atoms with Crippen molar-refractivity contribution in [2.75, 3.05) is 23.7 Å². The molecule has 0 fully saturated rings. The van der Waals surface area contributed by atoms with Gasteiger partial charge in [-0.3, -0.25) is 4.31 Å². The lowest BCUT2D eigenvalue weighted by molar-refractivity contribution is 0.595. The summed E-state index contributed by atoms with van der Waals surface area (Å²) >= 11 is 0. The third kappa shape index (κ3) is 3.71. The minimum Gasteiger partial charge on any atom is -0.330 e. The Bertz CT molecular complexity index is 440. The van der Waals surface area contributed by atoms with Gasteiger partial charge in [-0.1, -0.05) is 12.1 Å². The molecule has 0 aliphatic carbocycles. The largest absolute Gasteiger partial charge is 0.330 e. The number of benzene rings is 1. The Labute approximate surface area is 103 Å². The Morgan fingerprint density at radius 1 is 1.24 bits per heavy atom. The van der Waals surface area contributed by atoms with E-state index in [2.05, 4.69) is 0 Å². The molecule has 0 radical (unpaired) electrons. The number of hydrogen-bond donors (Lipinski definition) is 1. The lowest BCUT2D eigenvalue weighted by Gasteiger charge is -2.18. The molecular formula is C12H20N2O2S. The van der Waals surface area contributed by atoms with Crippen LogP contribution in [0, 0.1) is 0 Å². The average molecular weight is 256 g/mol. The molecule has 0 unspecified atom stereocenters. The Kier molecular flexibility index (Phi) is 4.96. The van der Waals surface area contributed by atoms with Gasteiger partial charge in [-0.15, -0.1) is 0 Å². The van der Waals surface area contributed by atoms with Gasteiger partial charge in [0, 0.05) is 7.05 Å². The van der Waals surface area contributed by atoms with E-state index in [1.165, 1.54) is 9.87 Å². The van der Waals surface area contributed by atoms with Gasteiger partial charge < -0.3 is 5.73 Å². The molecule has 17 heavy (non-hydrogen) atoms. The Morgan fingerprint density at radius 3 is 2.29 bits per heavy atom. The summed E-state index contributed by atoms with van der Waals surface area (Å²) in [4.78, 5) is 0. The highest BCUT2D eigenvalue weighted by atomic mass is 32.2. The van der Waals surface area contributed by atoms with E-state index in [9.17, 15) is 8.42 Å². The maximum absolute atomic E-state index is 11.7. The van der Waals surface area contributed by atoms with Crippen LogP contribution in [0.1, 0.15) is 18.9 Å². The summed E-state index contributed by atoms with van der Waals surface area (Å²) < 4.78 is 24.7. The third-order valence-electron chi connectivity index (χ3n) is 2.75. The van der Waals surface area contributed by atoms with Gasteiger partial charge in [0.2, 0.25) is 10.0 Å². The first-order valence-electron chi connectivity index (χ1n) is 5.77. The molecule has 0 atom stereocenters. The van der Waals surface area contributed by atoms with E-state index in [0.717, 1.165) is 12.8 Å². The third-order valence-corrected chi connectivity index (χ3v) is 4.53. The Hall–Kier alpha value is -1.07. The van der Waals surface area contributed by atoms with Gasteiger partial charge in [-0.25, -0.2) is 8.42 Å². The normalized spacial score (nSPS) is 11.5. The molecule has 0 spiro atoms. The average Bonchev–Trinajstić information content (AvgIpc) is 2.36. The first-order chi connectivity index (χ1) is 8.01. The number of hydrogen-bond acceptors (Lipinski definition) is 3. The van der Waals surface area contributed by atoms with Crippen molar-refractivity contribution in [1.82, 2.24) is 0 Å². The molecule has 0 bridgehead atoms. The van der Waals surface area contributed by atoms with Crippen molar-refractivity contribution in [3.05, 3.63) is 29.8 Å². The van der Waals surface area contributed by atoms with Crippen molar-refractivity contribution >= 4 is 15.7 Å². The highest BCUT2D eigenvalue weighted by molar-refractivity contribution is 7.92. The summed E-state index contributed by atoms with van der Waals surface area (Å²) in [5, 5.41) is 0. The van der Waals surface area contributed by atoms with Crippen LogP contribution in [0.5, 0.6) is 0 Å². The molecule has 0 aromatic heterocycles. The lowest BCUT2D eigenvalue weighted by atomic mass is 10.1. The summed E-state index contributed by atoms with van der Waals surface area (Å²) in [6, 6.07) is 7.57. The molecule has 0 amide bonds. The van der Waals surface area contributed by atoms with E-state index in [4.69, 9.17) is 5.73 Å². The van der Waals surface area contributed by atoms with Gasteiger partial charge in [0.05, 0.1) is 11.4 Å². The van der Waals surface area contributed by atoms with Crippen LogP contribution in [0.4, 0.5) is 5.69 Å². The predicted octanol–water partition coefficient (Wildman–Crippen LogP) is 1.36. The minimum atomic E-state index is -3.17. The van der Waals surface area contributed by atoms with Gasteiger partial charge in [0.1, 0.15) is 0 Å². The molecule has 96 valence electrons. The van der Waals surface area contributed by atoms with Crippen LogP contribution in [0.2, 0.25) is 0 Å². The molecule has 5 heteroatoms. The van der Waals surface area contributed by atoms with Crippen molar-refractivity contribution in [1.29, 1.82) is 0 Å².